The van der Waals surface area contributed by atoms with Crippen molar-refractivity contribution in [3.05, 3.63) is 72.7 Å². The minimum Gasteiger partial charge on any atom is -0.481 e. The first-order chi connectivity index (χ1) is 21.1. The fourth-order valence-corrected chi connectivity index (χ4v) is 6.95. The molecule has 45 heavy (non-hydrogen) atoms. The van der Waals surface area contributed by atoms with Crippen LogP contribution >= 0.6 is 25.3 Å². The molecule has 1 saturated heterocycles. The maximum Gasteiger partial charge on any atom is 0.303 e. The summed E-state index contributed by atoms with van der Waals surface area (Å²) in [5.74, 6) is -2.54. The van der Waals surface area contributed by atoms with Crippen molar-refractivity contribution >= 4 is 67.2 Å². The van der Waals surface area contributed by atoms with Gasteiger partial charge in [0.05, 0.1) is 11.6 Å². The van der Waals surface area contributed by atoms with E-state index >= 15 is 0 Å². The van der Waals surface area contributed by atoms with E-state index in [1.165, 1.54) is 0 Å². The Morgan fingerprint density at radius 1 is 0.956 bits per heavy atom. The third-order valence-corrected chi connectivity index (χ3v) is 9.31. The van der Waals surface area contributed by atoms with Crippen molar-refractivity contribution in [2.24, 2.45) is 11.8 Å². The molecule has 4 atom stereocenters. The smallest absolute Gasteiger partial charge is 0.303 e. The molecule has 0 aromatic carbocycles. The van der Waals surface area contributed by atoms with Gasteiger partial charge in [0.25, 0.3) is 5.91 Å². The first-order valence-corrected chi connectivity index (χ1v) is 15.7. The summed E-state index contributed by atoms with van der Waals surface area (Å²) in [6.45, 7) is 13.3. The lowest BCUT2D eigenvalue weighted by atomic mass is 9.91. The van der Waals surface area contributed by atoms with Gasteiger partial charge in [-0.15, -0.1) is 12.6 Å². The van der Waals surface area contributed by atoms with Crippen LogP contribution in [0.5, 0.6) is 0 Å². The molecule has 1 fully saturated rings. The van der Waals surface area contributed by atoms with Gasteiger partial charge in [0.15, 0.2) is 0 Å². The first-order valence-electron chi connectivity index (χ1n) is 14.8. The zero-order chi connectivity index (χ0) is 33.3. The van der Waals surface area contributed by atoms with Crippen molar-refractivity contribution in [2.45, 2.75) is 71.6 Å². The van der Waals surface area contributed by atoms with Gasteiger partial charge in [-0.25, -0.2) is 0 Å². The Bertz CT molecular complexity index is 1780. The number of thiol groups is 2. The third-order valence-electron chi connectivity index (χ3n) is 8.76. The Hall–Kier alpha value is -3.90. The van der Waals surface area contributed by atoms with E-state index < -0.39 is 18.0 Å². The highest BCUT2D eigenvalue weighted by atomic mass is 32.1. The summed E-state index contributed by atoms with van der Waals surface area (Å²) in [6, 6.07) is -0.405. The molecule has 4 rings (SSSR count). The van der Waals surface area contributed by atoms with Gasteiger partial charge in [0, 0.05) is 62.6 Å². The van der Waals surface area contributed by atoms with Gasteiger partial charge in [-0.3, -0.25) is 19.2 Å². The van der Waals surface area contributed by atoms with Crippen LogP contribution in [-0.4, -0.2) is 55.2 Å². The molecule has 0 saturated carbocycles. The van der Waals surface area contributed by atoms with Crippen LogP contribution < -0.4 is 21.3 Å². The number of H-pyrrole nitrogens is 2. The number of aromatic nitrogens is 2. The summed E-state index contributed by atoms with van der Waals surface area (Å²) in [5.41, 5.74) is 6.68. The fraction of sp³-hybridized carbons (Fsp3) is 0.394. The van der Waals surface area contributed by atoms with Crippen molar-refractivity contribution in [2.75, 3.05) is 0 Å². The maximum atomic E-state index is 12.5. The topological polar surface area (TPSA) is 164 Å². The largest absolute Gasteiger partial charge is 0.481 e. The standard InChI is InChI=1S/C33H40N4O6S2/c1-14-20(7-9-28(38)39)25(34-22(14)11-24-16(3)31(19(6)45)33(43)36-24)13-26-21(8-10-29(40)41)15(2)23(35-26)12-27-30(18(5)44)17(4)32(42)37-27/h11-13,17-18,24,30,34-35,44-45H,6-10H2,1-5H3,(H,36,43)(H,37,42)(H,38,39)(H,40,41)/b22-11-,25-13-,27-12-/t17-,18+,24-,30+/m1/s1. The van der Waals surface area contributed by atoms with Crippen LogP contribution in [0.4, 0.5) is 0 Å². The quantitative estimate of drug-likeness (QED) is 0.174. The predicted octanol–water partition coefficient (Wildman–Crippen LogP) is 2.90. The van der Waals surface area contributed by atoms with Crippen molar-refractivity contribution in [3.63, 3.8) is 0 Å². The van der Waals surface area contributed by atoms with E-state index in [1.807, 2.05) is 52.8 Å². The average Bonchev–Trinajstić information content (AvgIpc) is 3.59. The van der Waals surface area contributed by atoms with Crippen LogP contribution in [0.15, 0.2) is 28.3 Å². The van der Waals surface area contributed by atoms with Gasteiger partial charge in [-0.05, 0) is 79.7 Å². The molecule has 2 aliphatic rings. The number of carboxylic acid groups (broad SMARTS) is 2. The average molecular weight is 653 g/mol. The zero-order valence-corrected chi connectivity index (χ0v) is 27.8. The normalized spacial score (nSPS) is 22.4. The van der Waals surface area contributed by atoms with Crippen molar-refractivity contribution in [1.82, 2.24) is 20.6 Å². The number of carbonyl (C=O) groups is 4. The summed E-state index contributed by atoms with van der Waals surface area (Å²) in [6.07, 6.45) is 6.01. The second-order valence-electron chi connectivity index (χ2n) is 11.8. The zero-order valence-electron chi connectivity index (χ0n) is 26.0. The Labute approximate surface area is 272 Å². The molecule has 2 amide bonds. The van der Waals surface area contributed by atoms with E-state index in [0.29, 0.717) is 21.5 Å². The predicted molar refractivity (Wildman–Crippen MR) is 180 cm³/mol. The summed E-state index contributed by atoms with van der Waals surface area (Å²) in [4.78, 5) is 55.4. The highest BCUT2D eigenvalue weighted by Gasteiger charge is 2.37. The van der Waals surface area contributed by atoms with Crippen LogP contribution in [0, 0.1) is 25.7 Å². The number of aromatic amines is 2. The van der Waals surface area contributed by atoms with Gasteiger partial charge in [-0.1, -0.05) is 20.4 Å². The van der Waals surface area contributed by atoms with Crippen LogP contribution in [0.25, 0.3) is 18.2 Å². The summed E-state index contributed by atoms with van der Waals surface area (Å²) in [5, 5.41) is 26.2. The minimum absolute atomic E-state index is 0.0719. The van der Waals surface area contributed by atoms with Gasteiger partial charge in [0.2, 0.25) is 5.91 Å². The number of aliphatic carboxylic acids is 2. The molecule has 2 aromatic rings. The maximum absolute atomic E-state index is 12.5. The molecule has 0 bridgehead atoms. The molecule has 6 N–H and O–H groups in total. The van der Waals surface area contributed by atoms with E-state index in [2.05, 4.69) is 52.4 Å². The number of carboxylic acids is 2. The lowest BCUT2D eigenvalue weighted by Crippen LogP contribution is -2.29. The molecule has 0 radical (unpaired) electrons. The highest BCUT2D eigenvalue weighted by Crippen LogP contribution is 2.34. The SMILES string of the molecule is C=C(S)C1=C(C)[C@@H](/C=c2\[nH]/c(=C\c3[nH]c(/C=C4\NC(=O)[C@H](C)[C@H]4[C@H](C)S)c(C)c3CCC(=O)O)c(CCC(=O)O)c2C)NC1=O. The van der Waals surface area contributed by atoms with Gasteiger partial charge < -0.3 is 30.8 Å². The van der Waals surface area contributed by atoms with E-state index in [9.17, 15) is 29.4 Å². The number of carbonyl (C=O) groups excluding carboxylic acids is 2. The van der Waals surface area contributed by atoms with Gasteiger partial charge >= 0.3 is 11.9 Å². The van der Waals surface area contributed by atoms with Crippen LogP contribution in [0.2, 0.25) is 0 Å². The Morgan fingerprint density at radius 2 is 1.58 bits per heavy atom. The highest BCUT2D eigenvalue weighted by molar-refractivity contribution is 7.84. The lowest BCUT2D eigenvalue weighted by Gasteiger charge is -2.17. The molecule has 0 aliphatic carbocycles. The molecular weight excluding hydrogens is 613 g/mol. The van der Waals surface area contributed by atoms with Crippen LogP contribution in [-0.2, 0) is 32.0 Å². The third kappa shape index (κ3) is 7.17. The van der Waals surface area contributed by atoms with E-state index in [1.54, 1.807) is 0 Å². The Morgan fingerprint density at radius 3 is 2.13 bits per heavy atom. The number of hydrogen-bond acceptors (Lipinski definition) is 6. The lowest BCUT2D eigenvalue weighted by molar-refractivity contribution is -0.138. The molecular formula is C33H40N4O6S2. The molecule has 4 heterocycles. The molecule has 0 unspecified atom stereocenters. The summed E-state index contributed by atoms with van der Waals surface area (Å²) >= 11 is 8.89. The Balaban J connectivity index is 1.89. The second kappa shape index (κ2) is 13.6. The van der Waals surface area contributed by atoms with Crippen molar-refractivity contribution < 1.29 is 29.4 Å². The number of allylic oxidation sites excluding steroid dienone is 1. The molecule has 10 nitrogen and oxygen atoms in total. The number of rotatable bonds is 11. The fourth-order valence-electron chi connectivity index (χ4n) is 6.25. The van der Waals surface area contributed by atoms with E-state index in [0.717, 1.165) is 44.6 Å². The van der Waals surface area contributed by atoms with Crippen LogP contribution in [0.3, 0.4) is 0 Å². The summed E-state index contributed by atoms with van der Waals surface area (Å²) in [7, 11) is 0. The second-order valence-corrected chi connectivity index (χ2v) is 13.2. The van der Waals surface area contributed by atoms with Crippen molar-refractivity contribution in [1.29, 1.82) is 0 Å². The molecule has 2 aromatic heterocycles. The van der Waals surface area contributed by atoms with Gasteiger partial charge in [0.1, 0.15) is 0 Å². The Kier molecular flexibility index (Phi) is 10.3. The van der Waals surface area contributed by atoms with E-state index in [-0.39, 0.29) is 54.6 Å². The van der Waals surface area contributed by atoms with Gasteiger partial charge in [-0.2, -0.15) is 12.6 Å². The first kappa shape index (κ1) is 34.0. The number of nitrogens with one attached hydrogen (secondary N) is 4. The molecule has 240 valence electrons. The number of amides is 2. The molecule has 12 heteroatoms. The summed E-state index contributed by atoms with van der Waals surface area (Å²) < 4.78 is 0. The monoisotopic (exact) mass is 652 g/mol. The van der Waals surface area contributed by atoms with Crippen LogP contribution in [0.1, 0.15) is 67.3 Å². The van der Waals surface area contributed by atoms with Crippen molar-refractivity contribution in [3.8, 4) is 0 Å². The molecule has 0 spiro atoms. The minimum atomic E-state index is -0.932. The van der Waals surface area contributed by atoms with E-state index in [4.69, 9.17) is 0 Å². The molecule has 2 aliphatic heterocycles. The number of hydrogen-bond donors (Lipinski definition) is 8.